The summed E-state index contributed by atoms with van der Waals surface area (Å²) in [6.07, 6.45) is -4.63. The van der Waals surface area contributed by atoms with Crippen LogP contribution in [-0.2, 0) is 9.53 Å². The normalized spacial score (nSPS) is 15.9. The van der Waals surface area contributed by atoms with Gasteiger partial charge in [-0.15, -0.1) is 0 Å². The number of halogens is 3. The van der Waals surface area contributed by atoms with Gasteiger partial charge in [-0.2, -0.15) is 13.2 Å². The van der Waals surface area contributed by atoms with Crippen molar-refractivity contribution in [2.45, 2.75) is 31.5 Å². The van der Waals surface area contributed by atoms with Gasteiger partial charge < -0.3 is 14.9 Å². The number of esters is 1. The fourth-order valence-electron chi connectivity index (χ4n) is 0.693. The highest BCUT2D eigenvalue weighted by Gasteiger charge is 2.54. The molecular weight excluding hydrogens is 217 g/mol. The predicted molar refractivity (Wildman–Crippen MR) is 44.0 cm³/mol. The zero-order valence-corrected chi connectivity index (χ0v) is 8.17. The van der Waals surface area contributed by atoms with Crippen LogP contribution >= 0.6 is 0 Å². The second-order valence-electron chi connectivity index (χ2n) is 3.10. The molecule has 4 nitrogen and oxygen atoms in total. The number of rotatable bonds is 5. The van der Waals surface area contributed by atoms with Crippen molar-refractivity contribution in [1.82, 2.24) is 0 Å². The number of hydrogen-bond donors (Lipinski definition) is 2. The predicted octanol–water partition coefficient (Wildman–Crippen LogP) is 0.615. The quantitative estimate of drug-likeness (QED) is 0.679. The first kappa shape index (κ1) is 14.2. The Morgan fingerprint density at radius 1 is 1.40 bits per heavy atom. The van der Waals surface area contributed by atoms with Gasteiger partial charge in [-0.3, -0.25) is 4.79 Å². The zero-order chi connectivity index (χ0) is 12.1. The van der Waals surface area contributed by atoms with Crippen LogP contribution in [0.2, 0.25) is 0 Å². The van der Waals surface area contributed by atoms with Crippen LogP contribution in [0.25, 0.3) is 0 Å². The fraction of sp³-hybridized carbons (Fsp3) is 0.875. The minimum absolute atomic E-state index is 0.0284. The fourth-order valence-corrected chi connectivity index (χ4v) is 0.693. The average Bonchev–Trinajstić information content (AvgIpc) is 2.13. The lowest BCUT2D eigenvalue weighted by atomic mass is 10.1. The van der Waals surface area contributed by atoms with Crippen molar-refractivity contribution in [2.24, 2.45) is 0 Å². The third kappa shape index (κ3) is 4.05. The van der Waals surface area contributed by atoms with E-state index in [2.05, 4.69) is 4.74 Å². The molecule has 0 aliphatic rings. The smallest absolute Gasteiger partial charge is 0.422 e. The molecule has 0 heterocycles. The second kappa shape index (κ2) is 5.32. The maximum atomic E-state index is 12.1. The molecule has 1 atom stereocenters. The maximum Gasteiger partial charge on any atom is 0.422 e. The first-order valence-corrected chi connectivity index (χ1v) is 4.32. The maximum absolute atomic E-state index is 12.1. The summed E-state index contributed by atoms with van der Waals surface area (Å²) < 4.78 is 40.6. The minimum atomic E-state index is -5.03. The Hall–Kier alpha value is -0.820. The number of carbonyl (C=O) groups excluding carboxylic acids is 1. The number of ether oxygens (including phenoxy) is 1. The molecule has 90 valence electrons. The Balaban J connectivity index is 4.28. The Bertz CT molecular complexity index is 216. The van der Waals surface area contributed by atoms with Gasteiger partial charge in [-0.05, 0) is 6.42 Å². The van der Waals surface area contributed by atoms with Crippen LogP contribution in [-0.4, -0.2) is 41.2 Å². The Labute approximate surface area is 84.7 Å². The first-order chi connectivity index (χ1) is 6.77. The van der Waals surface area contributed by atoms with E-state index >= 15 is 0 Å². The molecule has 7 heteroatoms. The second-order valence-corrected chi connectivity index (χ2v) is 3.10. The number of aliphatic hydroxyl groups is 2. The molecule has 0 aromatic heterocycles. The van der Waals surface area contributed by atoms with Crippen LogP contribution in [0, 0.1) is 0 Å². The van der Waals surface area contributed by atoms with Gasteiger partial charge in [-0.1, -0.05) is 6.92 Å². The van der Waals surface area contributed by atoms with Crippen molar-refractivity contribution < 1.29 is 32.9 Å². The molecule has 0 rings (SSSR count). The molecular formula is C8H13F3O4. The summed E-state index contributed by atoms with van der Waals surface area (Å²) >= 11 is 0. The zero-order valence-electron chi connectivity index (χ0n) is 8.17. The van der Waals surface area contributed by atoms with Crippen LogP contribution in [0.4, 0.5) is 13.2 Å². The van der Waals surface area contributed by atoms with Gasteiger partial charge in [0.1, 0.15) is 6.61 Å². The highest BCUT2D eigenvalue weighted by Crippen LogP contribution is 2.30. The molecule has 0 aliphatic heterocycles. The minimum Gasteiger partial charge on any atom is -0.462 e. The molecule has 0 unspecified atom stereocenters. The molecule has 0 aliphatic carbocycles. The van der Waals surface area contributed by atoms with Crippen molar-refractivity contribution in [3.8, 4) is 0 Å². The largest absolute Gasteiger partial charge is 0.462 e. The lowest BCUT2D eigenvalue weighted by Crippen LogP contribution is -2.52. The van der Waals surface area contributed by atoms with Gasteiger partial charge in [0.25, 0.3) is 0 Å². The van der Waals surface area contributed by atoms with E-state index in [1.54, 1.807) is 6.92 Å². The lowest BCUT2D eigenvalue weighted by Gasteiger charge is -2.27. The summed E-state index contributed by atoms with van der Waals surface area (Å²) in [6.45, 7) is -1.18. The Morgan fingerprint density at radius 2 is 1.93 bits per heavy atom. The van der Waals surface area contributed by atoms with Gasteiger partial charge in [0.05, 0.1) is 6.61 Å². The summed E-state index contributed by atoms with van der Waals surface area (Å²) in [5.41, 5.74) is -3.38. The summed E-state index contributed by atoms with van der Waals surface area (Å²) in [5.74, 6) is -0.839. The molecule has 15 heavy (non-hydrogen) atoms. The van der Waals surface area contributed by atoms with Crippen LogP contribution in [0.1, 0.15) is 19.8 Å². The SMILES string of the molecule is CCCC(=O)OC[C@@](O)(CO)C(F)(F)F. The van der Waals surface area contributed by atoms with Crippen molar-refractivity contribution in [1.29, 1.82) is 0 Å². The number of carbonyl (C=O) groups is 1. The van der Waals surface area contributed by atoms with E-state index in [9.17, 15) is 18.0 Å². The Kier molecular flexibility index (Phi) is 5.02. The third-order valence-electron chi connectivity index (χ3n) is 1.72. The molecule has 0 bridgehead atoms. The van der Waals surface area contributed by atoms with E-state index in [4.69, 9.17) is 10.2 Å². The van der Waals surface area contributed by atoms with Crippen LogP contribution < -0.4 is 0 Å². The first-order valence-electron chi connectivity index (χ1n) is 4.32. The van der Waals surface area contributed by atoms with E-state index < -0.39 is 31.0 Å². The topological polar surface area (TPSA) is 66.8 Å². The van der Waals surface area contributed by atoms with E-state index in [0.717, 1.165) is 0 Å². The monoisotopic (exact) mass is 230 g/mol. The van der Waals surface area contributed by atoms with Crippen LogP contribution in [0.5, 0.6) is 0 Å². The lowest BCUT2D eigenvalue weighted by molar-refractivity contribution is -0.282. The van der Waals surface area contributed by atoms with Gasteiger partial charge in [0.2, 0.25) is 5.60 Å². The summed E-state index contributed by atoms with van der Waals surface area (Å²) in [7, 11) is 0. The molecule has 0 saturated carbocycles. The number of aliphatic hydroxyl groups excluding tert-OH is 1. The standard InChI is InChI=1S/C8H13F3O4/c1-2-3-6(13)15-5-7(14,4-12)8(9,10)11/h12,14H,2-5H2,1H3/t7-/m0/s1. The summed E-state index contributed by atoms with van der Waals surface area (Å²) in [6, 6.07) is 0. The van der Waals surface area contributed by atoms with E-state index in [0.29, 0.717) is 6.42 Å². The summed E-state index contributed by atoms with van der Waals surface area (Å²) in [4.78, 5) is 10.8. The van der Waals surface area contributed by atoms with Crippen molar-refractivity contribution >= 4 is 5.97 Å². The molecule has 0 aromatic rings. The van der Waals surface area contributed by atoms with Crippen LogP contribution in [0.3, 0.4) is 0 Å². The highest BCUT2D eigenvalue weighted by molar-refractivity contribution is 5.69. The number of hydrogen-bond acceptors (Lipinski definition) is 4. The van der Waals surface area contributed by atoms with E-state index in [1.165, 1.54) is 0 Å². The molecule has 0 amide bonds. The van der Waals surface area contributed by atoms with Crippen LogP contribution in [0.15, 0.2) is 0 Å². The third-order valence-corrected chi connectivity index (χ3v) is 1.72. The van der Waals surface area contributed by atoms with Gasteiger partial charge >= 0.3 is 12.1 Å². The van der Waals surface area contributed by atoms with Crippen molar-refractivity contribution in [3.63, 3.8) is 0 Å². The molecule has 0 radical (unpaired) electrons. The molecule has 0 saturated heterocycles. The van der Waals surface area contributed by atoms with E-state index in [1.807, 2.05) is 0 Å². The summed E-state index contributed by atoms with van der Waals surface area (Å²) in [5, 5.41) is 17.3. The highest BCUT2D eigenvalue weighted by atomic mass is 19.4. The molecule has 0 spiro atoms. The molecule has 0 aromatic carbocycles. The van der Waals surface area contributed by atoms with Gasteiger partial charge in [0, 0.05) is 6.42 Å². The number of alkyl halides is 3. The molecule has 2 N–H and O–H groups in total. The Morgan fingerprint density at radius 3 is 2.27 bits per heavy atom. The van der Waals surface area contributed by atoms with Crippen molar-refractivity contribution in [3.05, 3.63) is 0 Å². The van der Waals surface area contributed by atoms with Crippen molar-refractivity contribution in [2.75, 3.05) is 13.2 Å². The van der Waals surface area contributed by atoms with Gasteiger partial charge in [-0.25, -0.2) is 0 Å². The van der Waals surface area contributed by atoms with Gasteiger partial charge in [0.15, 0.2) is 0 Å². The van der Waals surface area contributed by atoms with E-state index in [-0.39, 0.29) is 6.42 Å². The molecule has 0 fully saturated rings. The average molecular weight is 230 g/mol.